The number of fused-ring (bicyclic) bond motifs is 1. The Balaban J connectivity index is 1.41. The topological polar surface area (TPSA) is 106 Å². The molecular formula is C24H22F3N5O4S. The molecule has 1 unspecified atom stereocenters. The van der Waals surface area contributed by atoms with E-state index < -0.39 is 23.1 Å². The van der Waals surface area contributed by atoms with Gasteiger partial charge in [-0.1, -0.05) is 18.2 Å². The monoisotopic (exact) mass is 533 g/mol. The summed E-state index contributed by atoms with van der Waals surface area (Å²) in [6.07, 6.45) is -3.42. The van der Waals surface area contributed by atoms with Gasteiger partial charge in [0.25, 0.3) is 0 Å². The molecule has 9 nitrogen and oxygen atoms in total. The molecule has 194 valence electrons. The summed E-state index contributed by atoms with van der Waals surface area (Å²) >= 11 is 0. The predicted octanol–water partition coefficient (Wildman–Crippen LogP) is 4.32. The first-order valence-corrected chi connectivity index (χ1v) is 12.0. The van der Waals surface area contributed by atoms with Gasteiger partial charge in [0.05, 0.1) is 16.3 Å². The number of anilines is 1. The van der Waals surface area contributed by atoms with Gasteiger partial charge in [-0.05, 0) is 42.5 Å². The van der Waals surface area contributed by atoms with Crippen LogP contribution in [0.3, 0.4) is 0 Å². The minimum atomic E-state index is -4.85. The van der Waals surface area contributed by atoms with Crippen molar-refractivity contribution >= 4 is 34.5 Å². The van der Waals surface area contributed by atoms with Crippen LogP contribution < -0.4 is 29.8 Å². The smallest absolute Gasteiger partial charge is 0.486 e. The Morgan fingerprint density at radius 1 is 1.03 bits per heavy atom. The van der Waals surface area contributed by atoms with Crippen molar-refractivity contribution in [1.29, 1.82) is 0 Å². The molecule has 13 heteroatoms. The number of nitrogens with one attached hydrogen (secondary N) is 3. The summed E-state index contributed by atoms with van der Waals surface area (Å²) in [6.45, 7) is 0.976. The lowest BCUT2D eigenvalue weighted by Gasteiger charge is -2.18. The van der Waals surface area contributed by atoms with Crippen molar-refractivity contribution in [3.8, 4) is 17.2 Å². The lowest BCUT2D eigenvalue weighted by Crippen LogP contribution is -2.37. The van der Waals surface area contributed by atoms with Crippen molar-refractivity contribution in [2.45, 2.75) is 11.3 Å². The van der Waals surface area contributed by atoms with E-state index in [0.29, 0.717) is 47.5 Å². The molecule has 4 rings (SSSR count). The third-order valence-corrected chi connectivity index (χ3v) is 5.94. The zero-order chi connectivity index (χ0) is 26.3. The highest BCUT2D eigenvalue weighted by Gasteiger charge is 2.31. The van der Waals surface area contributed by atoms with Crippen LogP contribution in [0.1, 0.15) is 5.56 Å². The third-order valence-electron chi connectivity index (χ3n) is 4.86. The van der Waals surface area contributed by atoms with E-state index in [2.05, 4.69) is 30.3 Å². The summed E-state index contributed by atoms with van der Waals surface area (Å²) in [5.41, 5.74) is 7.38. The van der Waals surface area contributed by atoms with Gasteiger partial charge in [0.2, 0.25) is 0 Å². The van der Waals surface area contributed by atoms with Crippen LogP contribution >= 0.6 is 0 Å². The van der Waals surface area contributed by atoms with Crippen molar-refractivity contribution in [1.82, 2.24) is 10.9 Å². The maximum absolute atomic E-state index is 12.9. The van der Waals surface area contributed by atoms with E-state index in [1.165, 1.54) is 18.5 Å². The zero-order valence-electron chi connectivity index (χ0n) is 19.4. The van der Waals surface area contributed by atoms with E-state index in [0.717, 1.165) is 12.1 Å². The van der Waals surface area contributed by atoms with Crippen LogP contribution in [0.25, 0.3) is 0 Å². The number of hydrogen-bond donors (Lipinski definition) is 3. The normalized spacial score (nSPS) is 14.2. The van der Waals surface area contributed by atoms with Crippen molar-refractivity contribution in [2.24, 2.45) is 9.98 Å². The van der Waals surface area contributed by atoms with Gasteiger partial charge in [-0.3, -0.25) is 15.8 Å². The number of rotatable bonds is 8. The zero-order valence-corrected chi connectivity index (χ0v) is 20.2. The molecule has 0 saturated carbocycles. The van der Waals surface area contributed by atoms with Gasteiger partial charge in [0, 0.05) is 18.7 Å². The average Bonchev–Trinajstić information content (AvgIpc) is 2.88. The fraction of sp³-hybridized carbons (Fsp3) is 0.167. The van der Waals surface area contributed by atoms with E-state index >= 15 is 0 Å². The predicted molar refractivity (Wildman–Crippen MR) is 134 cm³/mol. The summed E-state index contributed by atoms with van der Waals surface area (Å²) in [7, 11) is -0.321. The van der Waals surface area contributed by atoms with E-state index in [9.17, 15) is 17.4 Å². The van der Waals surface area contributed by atoms with Crippen LogP contribution in [0.4, 0.5) is 24.5 Å². The number of ether oxygens (including phenoxy) is 3. The molecule has 0 radical (unpaired) electrons. The molecule has 1 aliphatic heterocycles. The summed E-state index contributed by atoms with van der Waals surface area (Å²) in [5, 5.41) is 0. The molecule has 0 spiro atoms. The number of aliphatic imine (C=N–C) groups is 2. The molecule has 3 aromatic carbocycles. The fourth-order valence-electron chi connectivity index (χ4n) is 3.29. The highest BCUT2D eigenvalue weighted by atomic mass is 32.2. The molecule has 0 amide bonds. The minimum absolute atomic E-state index is 0.101. The van der Waals surface area contributed by atoms with E-state index in [1.807, 2.05) is 0 Å². The van der Waals surface area contributed by atoms with Gasteiger partial charge in [0.1, 0.15) is 42.1 Å². The molecule has 3 aromatic rings. The summed E-state index contributed by atoms with van der Waals surface area (Å²) < 4.78 is 68.2. The fourth-order valence-corrected chi connectivity index (χ4v) is 4.21. The SMILES string of the molecule is CN=C(NNC=Nc1ccc2c(c1)OCCO2)c1ccccc1NS(=O)c1cccc(OC(F)(F)F)c1. The molecule has 0 saturated heterocycles. The van der Waals surface area contributed by atoms with E-state index in [1.54, 1.807) is 49.5 Å². The number of para-hydroxylation sites is 1. The Labute approximate surface area is 212 Å². The van der Waals surface area contributed by atoms with Crippen molar-refractivity contribution in [3.05, 3.63) is 72.3 Å². The maximum atomic E-state index is 12.9. The van der Waals surface area contributed by atoms with Crippen molar-refractivity contribution < 1.29 is 31.6 Å². The van der Waals surface area contributed by atoms with Crippen molar-refractivity contribution in [2.75, 3.05) is 25.0 Å². The lowest BCUT2D eigenvalue weighted by molar-refractivity contribution is -0.274. The number of hydrazine groups is 1. The van der Waals surface area contributed by atoms with Gasteiger partial charge in [-0.25, -0.2) is 9.20 Å². The highest BCUT2D eigenvalue weighted by molar-refractivity contribution is 7.86. The number of nitrogens with zero attached hydrogens (tertiary/aromatic N) is 2. The Morgan fingerprint density at radius 2 is 1.81 bits per heavy atom. The molecule has 1 atom stereocenters. The molecule has 1 aliphatic rings. The molecule has 1 heterocycles. The van der Waals surface area contributed by atoms with Crippen LogP contribution in [0.5, 0.6) is 17.2 Å². The molecular weight excluding hydrogens is 511 g/mol. The molecule has 3 N–H and O–H groups in total. The molecule has 0 aromatic heterocycles. The number of hydrogen-bond acceptors (Lipinski definition) is 6. The van der Waals surface area contributed by atoms with Crippen molar-refractivity contribution in [3.63, 3.8) is 0 Å². The summed E-state index contributed by atoms with van der Waals surface area (Å²) in [4.78, 5) is 8.63. The molecule has 0 aliphatic carbocycles. The lowest BCUT2D eigenvalue weighted by atomic mass is 10.1. The first kappa shape index (κ1) is 25.8. The molecule has 0 bridgehead atoms. The maximum Gasteiger partial charge on any atom is 0.573 e. The minimum Gasteiger partial charge on any atom is -0.486 e. The highest BCUT2D eigenvalue weighted by Crippen LogP contribution is 2.33. The van der Waals surface area contributed by atoms with E-state index in [-0.39, 0.29) is 4.90 Å². The Hall–Kier alpha value is -4.26. The van der Waals surface area contributed by atoms with Gasteiger partial charge < -0.3 is 18.9 Å². The molecule has 0 fully saturated rings. The van der Waals surface area contributed by atoms with Crippen LogP contribution in [0.2, 0.25) is 0 Å². The first-order valence-electron chi connectivity index (χ1n) is 10.9. The van der Waals surface area contributed by atoms with Gasteiger partial charge in [-0.2, -0.15) is 0 Å². The summed E-state index contributed by atoms with van der Waals surface area (Å²) in [6, 6.07) is 17.1. The first-order chi connectivity index (χ1) is 17.8. The number of amidine groups is 1. The van der Waals surface area contributed by atoms with Gasteiger partial charge >= 0.3 is 6.36 Å². The average molecular weight is 534 g/mol. The second kappa shape index (κ2) is 11.6. The Morgan fingerprint density at radius 3 is 2.59 bits per heavy atom. The Bertz CT molecular complexity index is 1330. The number of alkyl halides is 3. The standard InChI is InChI=1S/C24H22F3N5O4S/c1-28-23(31-30-15-29-16-9-10-21-22(13-16)35-12-11-34-21)19-7-2-3-8-20(19)32-37(33)18-6-4-5-17(14-18)36-24(25,26)27/h2-10,13-15,32H,11-12H2,1H3,(H,28,31)(H,29,30). The summed E-state index contributed by atoms with van der Waals surface area (Å²) in [5.74, 6) is 1.21. The largest absolute Gasteiger partial charge is 0.573 e. The second-order valence-corrected chi connectivity index (χ2v) is 8.58. The van der Waals surface area contributed by atoms with Gasteiger partial charge in [-0.15, -0.1) is 13.2 Å². The molecule has 37 heavy (non-hydrogen) atoms. The van der Waals surface area contributed by atoms with Crippen LogP contribution in [0.15, 0.2) is 81.6 Å². The van der Waals surface area contributed by atoms with E-state index in [4.69, 9.17) is 9.47 Å². The Kier molecular flexibility index (Phi) is 8.13. The van der Waals surface area contributed by atoms with Crippen LogP contribution in [-0.2, 0) is 11.0 Å². The van der Waals surface area contributed by atoms with Gasteiger partial charge in [0.15, 0.2) is 11.5 Å². The number of benzene rings is 3. The second-order valence-electron chi connectivity index (χ2n) is 7.37. The quantitative estimate of drug-likeness (QED) is 0.226. The number of halogens is 3. The van der Waals surface area contributed by atoms with Crippen LogP contribution in [0, 0.1) is 0 Å². The van der Waals surface area contributed by atoms with Crippen LogP contribution in [-0.4, -0.2) is 43.0 Å². The third kappa shape index (κ3) is 7.13.